The maximum absolute atomic E-state index is 11.6. The third-order valence-electron chi connectivity index (χ3n) is 3.11. The average molecular weight is 212 g/mol. The highest BCUT2D eigenvalue weighted by Gasteiger charge is 2.18. The second-order valence-electron chi connectivity index (χ2n) is 4.62. The summed E-state index contributed by atoms with van der Waals surface area (Å²) in [5.41, 5.74) is 0. The van der Waals surface area contributed by atoms with Crippen LogP contribution in [0.4, 0.5) is 0 Å². The Balaban J connectivity index is 2.07. The third kappa shape index (κ3) is 5.17. The maximum atomic E-state index is 11.6. The molecule has 1 amide bonds. The van der Waals surface area contributed by atoms with Crippen LogP contribution in [0.1, 0.15) is 46.0 Å². The van der Waals surface area contributed by atoms with Gasteiger partial charge >= 0.3 is 0 Å². The predicted molar refractivity (Wildman–Crippen MR) is 62.7 cm³/mol. The van der Waals surface area contributed by atoms with Crippen molar-refractivity contribution in [3.63, 3.8) is 0 Å². The van der Waals surface area contributed by atoms with Crippen molar-refractivity contribution < 1.29 is 4.79 Å². The SMILES string of the molecule is CCN[C@H](C)CNC(=O)CC1CCCC1. The lowest BCUT2D eigenvalue weighted by molar-refractivity contribution is -0.122. The van der Waals surface area contributed by atoms with Crippen LogP contribution in [0.3, 0.4) is 0 Å². The molecule has 1 saturated carbocycles. The molecule has 88 valence electrons. The molecule has 1 aliphatic carbocycles. The van der Waals surface area contributed by atoms with Gasteiger partial charge in [-0.25, -0.2) is 0 Å². The van der Waals surface area contributed by atoms with Crippen molar-refractivity contribution in [1.82, 2.24) is 10.6 Å². The standard InChI is InChI=1S/C12H24N2O/c1-3-13-10(2)9-14-12(15)8-11-6-4-5-7-11/h10-11,13H,3-9H2,1-2H3,(H,14,15)/t10-/m1/s1. The van der Waals surface area contributed by atoms with Gasteiger partial charge in [-0.1, -0.05) is 19.8 Å². The highest BCUT2D eigenvalue weighted by atomic mass is 16.1. The molecule has 1 aliphatic rings. The van der Waals surface area contributed by atoms with Gasteiger partial charge in [0.2, 0.25) is 5.91 Å². The van der Waals surface area contributed by atoms with E-state index in [2.05, 4.69) is 24.5 Å². The van der Waals surface area contributed by atoms with Gasteiger partial charge in [0.05, 0.1) is 0 Å². The molecule has 2 N–H and O–H groups in total. The number of hydrogen-bond acceptors (Lipinski definition) is 2. The molecule has 0 unspecified atom stereocenters. The molecule has 1 rings (SSSR count). The van der Waals surface area contributed by atoms with E-state index in [4.69, 9.17) is 0 Å². The van der Waals surface area contributed by atoms with Gasteiger partial charge in [0.25, 0.3) is 0 Å². The Morgan fingerprint density at radius 1 is 1.40 bits per heavy atom. The second kappa shape index (κ2) is 6.83. The van der Waals surface area contributed by atoms with E-state index in [0.717, 1.165) is 19.5 Å². The van der Waals surface area contributed by atoms with Crippen molar-refractivity contribution >= 4 is 5.91 Å². The molecule has 0 spiro atoms. The molecular formula is C12H24N2O. The third-order valence-corrected chi connectivity index (χ3v) is 3.11. The maximum Gasteiger partial charge on any atom is 0.220 e. The zero-order valence-electron chi connectivity index (χ0n) is 10.0. The minimum absolute atomic E-state index is 0.228. The average Bonchev–Trinajstić information content (AvgIpc) is 2.68. The summed E-state index contributed by atoms with van der Waals surface area (Å²) < 4.78 is 0. The lowest BCUT2D eigenvalue weighted by Crippen LogP contribution is -2.39. The quantitative estimate of drug-likeness (QED) is 0.703. The van der Waals surface area contributed by atoms with E-state index in [0.29, 0.717) is 12.0 Å². The topological polar surface area (TPSA) is 41.1 Å². The summed E-state index contributed by atoms with van der Waals surface area (Å²) in [6.07, 6.45) is 5.85. The largest absolute Gasteiger partial charge is 0.355 e. The molecule has 1 fully saturated rings. The molecule has 0 aromatic rings. The van der Waals surface area contributed by atoms with Gasteiger partial charge in [-0.05, 0) is 32.2 Å². The zero-order chi connectivity index (χ0) is 11.1. The van der Waals surface area contributed by atoms with Gasteiger partial charge in [0.15, 0.2) is 0 Å². The molecule has 0 bridgehead atoms. The highest BCUT2D eigenvalue weighted by Crippen LogP contribution is 2.27. The number of carbonyl (C=O) groups excluding carboxylic acids is 1. The first-order chi connectivity index (χ1) is 7.22. The van der Waals surface area contributed by atoms with Crippen LogP contribution in [0.5, 0.6) is 0 Å². The molecule has 0 saturated heterocycles. The van der Waals surface area contributed by atoms with Crippen LogP contribution in [0.25, 0.3) is 0 Å². The van der Waals surface area contributed by atoms with Crippen LogP contribution < -0.4 is 10.6 Å². The lowest BCUT2D eigenvalue weighted by Gasteiger charge is -2.14. The van der Waals surface area contributed by atoms with Crippen LogP contribution in [0.15, 0.2) is 0 Å². The number of likely N-dealkylation sites (N-methyl/N-ethyl adjacent to an activating group) is 1. The summed E-state index contributed by atoms with van der Waals surface area (Å²) in [6.45, 7) is 5.88. The van der Waals surface area contributed by atoms with Crippen LogP contribution in [-0.4, -0.2) is 25.0 Å². The first kappa shape index (κ1) is 12.5. The number of hydrogen-bond donors (Lipinski definition) is 2. The molecule has 0 aliphatic heterocycles. The fourth-order valence-corrected chi connectivity index (χ4v) is 2.24. The molecule has 0 heterocycles. The Kier molecular flexibility index (Phi) is 5.69. The van der Waals surface area contributed by atoms with Crippen LogP contribution in [-0.2, 0) is 4.79 Å². The summed E-state index contributed by atoms with van der Waals surface area (Å²) in [4.78, 5) is 11.6. The van der Waals surface area contributed by atoms with Crippen molar-refractivity contribution in [2.24, 2.45) is 5.92 Å². The summed E-state index contributed by atoms with van der Waals surface area (Å²) in [5.74, 6) is 0.881. The molecule has 15 heavy (non-hydrogen) atoms. The number of carbonyl (C=O) groups is 1. The lowest BCUT2D eigenvalue weighted by atomic mass is 10.0. The number of rotatable bonds is 6. The Hall–Kier alpha value is -0.570. The normalized spacial score (nSPS) is 19.1. The monoisotopic (exact) mass is 212 g/mol. The molecule has 0 aromatic carbocycles. The van der Waals surface area contributed by atoms with Gasteiger partial charge in [0.1, 0.15) is 0 Å². The first-order valence-corrected chi connectivity index (χ1v) is 6.22. The van der Waals surface area contributed by atoms with Gasteiger partial charge in [-0.3, -0.25) is 4.79 Å². The molecule has 3 heteroatoms. The summed E-state index contributed by atoms with van der Waals surface area (Å²) in [5, 5.41) is 6.27. The number of nitrogens with one attached hydrogen (secondary N) is 2. The molecule has 3 nitrogen and oxygen atoms in total. The van der Waals surface area contributed by atoms with Crippen LogP contribution in [0.2, 0.25) is 0 Å². The fourth-order valence-electron chi connectivity index (χ4n) is 2.24. The van der Waals surface area contributed by atoms with Crippen LogP contribution >= 0.6 is 0 Å². The van der Waals surface area contributed by atoms with E-state index < -0.39 is 0 Å². The Morgan fingerprint density at radius 3 is 2.67 bits per heavy atom. The Bertz CT molecular complexity index is 188. The summed E-state index contributed by atoms with van der Waals surface area (Å²) >= 11 is 0. The van der Waals surface area contributed by atoms with Crippen molar-refractivity contribution in [2.45, 2.75) is 52.0 Å². The molecule has 1 atom stereocenters. The van der Waals surface area contributed by atoms with E-state index in [1.807, 2.05) is 0 Å². The zero-order valence-corrected chi connectivity index (χ0v) is 10.0. The second-order valence-corrected chi connectivity index (χ2v) is 4.62. The summed E-state index contributed by atoms with van der Waals surface area (Å²) in [6, 6.07) is 0.377. The van der Waals surface area contributed by atoms with Crippen molar-refractivity contribution in [2.75, 3.05) is 13.1 Å². The van der Waals surface area contributed by atoms with Crippen molar-refractivity contribution in [3.8, 4) is 0 Å². The molecule has 0 radical (unpaired) electrons. The first-order valence-electron chi connectivity index (χ1n) is 6.22. The van der Waals surface area contributed by atoms with E-state index in [9.17, 15) is 4.79 Å². The fraction of sp³-hybridized carbons (Fsp3) is 0.917. The molecular weight excluding hydrogens is 188 g/mol. The highest BCUT2D eigenvalue weighted by molar-refractivity contribution is 5.76. The Labute approximate surface area is 93.0 Å². The summed E-state index contributed by atoms with van der Waals surface area (Å²) in [7, 11) is 0. The van der Waals surface area contributed by atoms with E-state index in [1.165, 1.54) is 25.7 Å². The van der Waals surface area contributed by atoms with Gasteiger partial charge in [-0.15, -0.1) is 0 Å². The van der Waals surface area contributed by atoms with E-state index in [-0.39, 0.29) is 5.91 Å². The van der Waals surface area contributed by atoms with Crippen LogP contribution in [0, 0.1) is 5.92 Å². The van der Waals surface area contributed by atoms with E-state index in [1.54, 1.807) is 0 Å². The van der Waals surface area contributed by atoms with Gasteiger partial charge in [0, 0.05) is 19.0 Å². The molecule has 0 aromatic heterocycles. The Morgan fingerprint density at radius 2 is 2.07 bits per heavy atom. The smallest absolute Gasteiger partial charge is 0.220 e. The minimum atomic E-state index is 0.228. The predicted octanol–water partition coefficient (Wildman–Crippen LogP) is 1.68. The van der Waals surface area contributed by atoms with Crippen molar-refractivity contribution in [3.05, 3.63) is 0 Å². The van der Waals surface area contributed by atoms with Crippen molar-refractivity contribution in [1.29, 1.82) is 0 Å². The van der Waals surface area contributed by atoms with Gasteiger partial charge < -0.3 is 10.6 Å². The number of amides is 1. The van der Waals surface area contributed by atoms with Gasteiger partial charge in [-0.2, -0.15) is 0 Å². The van der Waals surface area contributed by atoms with E-state index >= 15 is 0 Å². The minimum Gasteiger partial charge on any atom is -0.355 e.